The molecule has 1 fully saturated rings. The second-order valence-electron chi connectivity index (χ2n) is 7.50. The number of nitrogens with one attached hydrogen (secondary N) is 2. The van der Waals surface area contributed by atoms with Gasteiger partial charge in [0.2, 0.25) is 5.82 Å². The van der Waals surface area contributed by atoms with Crippen LogP contribution >= 0.6 is 0 Å². The van der Waals surface area contributed by atoms with Crippen molar-refractivity contribution in [2.45, 2.75) is 37.8 Å². The molecule has 11 heteroatoms. The van der Waals surface area contributed by atoms with E-state index in [0.717, 1.165) is 12.1 Å². The van der Waals surface area contributed by atoms with E-state index in [9.17, 15) is 23.4 Å². The molecule has 3 rings (SSSR count). The van der Waals surface area contributed by atoms with Gasteiger partial charge in [-0.05, 0) is 37.6 Å². The molecule has 0 aliphatic carbocycles. The van der Waals surface area contributed by atoms with E-state index in [1.807, 2.05) is 0 Å². The number of aliphatic hydroxyl groups excluding tert-OH is 1. The molecular formula is C20H25F4N5O2. The molecule has 1 aliphatic heterocycles. The first-order chi connectivity index (χ1) is 14.6. The third-order valence-electron chi connectivity index (χ3n) is 5.36. The summed E-state index contributed by atoms with van der Waals surface area (Å²) in [5.74, 6) is -0.893. The fourth-order valence-electron chi connectivity index (χ4n) is 3.40. The van der Waals surface area contributed by atoms with Gasteiger partial charge >= 0.3 is 6.18 Å². The van der Waals surface area contributed by atoms with Crippen LogP contribution in [0.5, 0.6) is 0 Å². The third kappa shape index (κ3) is 5.41. The number of rotatable bonds is 7. The summed E-state index contributed by atoms with van der Waals surface area (Å²) in [6.07, 6.45) is -3.98. The minimum absolute atomic E-state index is 0.0160. The molecular weight excluding hydrogens is 418 g/mol. The van der Waals surface area contributed by atoms with Crippen molar-refractivity contribution in [3.05, 3.63) is 47.5 Å². The third-order valence-corrected chi connectivity index (χ3v) is 5.36. The van der Waals surface area contributed by atoms with Crippen LogP contribution in [0, 0.1) is 5.82 Å². The number of piperidine rings is 1. The van der Waals surface area contributed by atoms with Gasteiger partial charge in [0, 0.05) is 26.2 Å². The zero-order chi connectivity index (χ0) is 22.6. The van der Waals surface area contributed by atoms with Crippen LogP contribution in [0.3, 0.4) is 0 Å². The molecule has 0 spiro atoms. The first-order valence-electron chi connectivity index (χ1n) is 9.90. The maximum Gasteiger partial charge on any atom is 0.416 e. The maximum absolute atomic E-state index is 15.1. The van der Waals surface area contributed by atoms with Crippen LogP contribution in [0.15, 0.2) is 30.6 Å². The van der Waals surface area contributed by atoms with Crippen molar-refractivity contribution >= 4 is 11.6 Å². The van der Waals surface area contributed by atoms with E-state index in [1.165, 1.54) is 18.5 Å². The van der Waals surface area contributed by atoms with Crippen molar-refractivity contribution in [3.63, 3.8) is 0 Å². The predicted octanol–water partition coefficient (Wildman–Crippen LogP) is 2.16. The zero-order valence-electron chi connectivity index (χ0n) is 17.0. The second kappa shape index (κ2) is 9.33. The lowest BCUT2D eigenvalue weighted by Gasteiger charge is -2.37. The zero-order valence-corrected chi connectivity index (χ0v) is 17.0. The molecule has 1 aromatic heterocycles. The van der Waals surface area contributed by atoms with Crippen molar-refractivity contribution in [3.8, 4) is 0 Å². The van der Waals surface area contributed by atoms with Crippen LogP contribution < -0.4 is 15.5 Å². The smallest absolute Gasteiger partial charge is 0.389 e. The van der Waals surface area contributed by atoms with Crippen molar-refractivity contribution < 1.29 is 27.8 Å². The van der Waals surface area contributed by atoms with E-state index in [1.54, 1.807) is 11.8 Å². The van der Waals surface area contributed by atoms with Gasteiger partial charge in [-0.15, -0.1) is 0 Å². The highest BCUT2D eigenvalue weighted by molar-refractivity contribution is 5.51. The number of aliphatic hydroxyl groups is 2. The van der Waals surface area contributed by atoms with Gasteiger partial charge in [-0.25, -0.2) is 9.97 Å². The Kier molecular flexibility index (Phi) is 6.97. The molecule has 0 saturated carbocycles. The number of benzene rings is 1. The first kappa shape index (κ1) is 23.2. The van der Waals surface area contributed by atoms with Crippen molar-refractivity contribution in [1.29, 1.82) is 0 Å². The van der Waals surface area contributed by atoms with E-state index in [2.05, 4.69) is 20.6 Å². The summed E-state index contributed by atoms with van der Waals surface area (Å²) in [4.78, 5) is 9.44. The molecule has 7 nitrogen and oxygen atoms in total. The molecule has 170 valence electrons. The monoisotopic (exact) mass is 443 g/mol. The average molecular weight is 443 g/mol. The van der Waals surface area contributed by atoms with Gasteiger partial charge < -0.3 is 25.7 Å². The standard InChI is InChI=1S/C20H25F4N5O2/c1-2-29(10-13-3-5-14(6-4-13)20(22,23)24)18-16(21)17(27-12-28-18)26-11-19(31)7-8-25-9-15(19)30/h3-6,12,15,25,30-31H,2,7-11H2,1H3,(H,26,27,28)/t15-,19-/m0/s1. The molecule has 1 aliphatic rings. The topological polar surface area (TPSA) is 93.5 Å². The second-order valence-corrected chi connectivity index (χ2v) is 7.50. The summed E-state index contributed by atoms with van der Waals surface area (Å²) in [6.45, 7) is 2.91. The Morgan fingerprint density at radius 2 is 1.97 bits per heavy atom. The fourth-order valence-corrected chi connectivity index (χ4v) is 3.40. The summed E-state index contributed by atoms with van der Waals surface area (Å²) < 4.78 is 53.3. The van der Waals surface area contributed by atoms with Gasteiger partial charge in [0.05, 0.1) is 11.7 Å². The molecule has 0 amide bonds. The van der Waals surface area contributed by atoms with Gasteiger partial charge in [0.1, 0.15) is 11.9 Å². The van der Waals surface area contributed by atoms with E-state index in [-0.39, 0.29) is 37.7 Å². The number of β-amino-alcohol motifs (C(OH)–C–C–N with tert-alkyl or cyclic N) is 1. The number of hydrogen-bond acceptors (Lipinski definition) is 7. The molecule has 1 saturated heterocycles. The van der Waals surface area contributed by atoms with E-state index >= 15 is 4.39 Å². The number of anilines is 2. The number of halogens is 4. The predicted molar refractivity (Wildman–Crippen MR) is 107 cm³/mol. The Labute approximate surface area is 177 Å². The number of nitrogens with zero attached hydrogens (tertiary/aromatic N) is 3. The summed E-state index contributed by atoms with van der Waals surface area (Å²) in [5, 5.41) is 26.3. The van der Waals surface area contributed by atoms with E-state index in [4.69, 9.17) is 0 Å². The molecule has 2 aromatic rings. The average Bonchev–Trinajstić information content (AvgIpc) is 2.73. The fraction of sp³-hybridized carbons (Fsp3) is 0.500. The number of hydrogen-bond donors (Lipinski definition) is 4. The Hall–Kier alpha value is -2.50. The largest absolute Gasteiger partial charge is 0.416 e. The Morgan fingerprint density at radius 1 is 1.26 bits per heavy atom. The van der Waals surface area contributed by atoms with Gasteiger partial charge in [-0.3, -0.25) is 0 Å². The lowest BCUT2D eigenvalue weighted by Crippen LogP contribution is -2.57. The molecule has 0 unspecified atom stereocenters. The summed E-state index contributed by atoms with van der Waals surface area (Å²) in [5.41, 5.74) is -1.61. The quantitative estimate of drug-likeness (QED) is 0.488. The maximum atomic E-state index is 15.1. The number of alkyl halides is 3. The molecule has 2 heterocycles. The van der Waals surface area contributed by atoms with E-state index < -0.39 is 29.3 Å². The van der Waals surface area contributed by atoms with Gasteiger partial charge in [-0.2, -0.15) is 17.6 Å². The summed E-state index contributed by atoms with van der Waals surface area (Å²) in [6, 6.07) is 4.66. The molecule has 4 N–H and O–H groups in total. The van der Waals surface area contributed by atoms with Crippen LogP contribution in [0.2, 0.25) is 0 Å². The van der Waals surface area contributed by atoms with Gasteiger partial charge in [-0.1, -0.05) is 12.1 Å². The number of aromatic nitrogens is 2. The molecule has 2 atom stereocenters. The SMILES string of the molecule is CCN(Cc1ccc(C(F)(F)F)cc1)c1ncnc(NC[C@@]2(O)CCNC[C@@H]2O)c1F. The van der Waals surface area contributed by atoms with Crippen LogP contribution in [0.25, 0.3) is 0 Å². The van der Waals surface area contributed by atoms with Crippen molar-refractivity contribution in [2.24, 2.45) is 0 Å². The highest BCUT2D eigenvalue weighted by Crippen LogP contribution is 2.30. The Bertz CT molecular complexity index is 881. The van der Waals surface area contributed by atoms with Gasteiger partial charge in [0.15, 0.2) is 11.6 Å². The Balaban J connectivity index is 1.74. The van der Waals surface area contributed by atoms with Crippen LogP contribution in [0.1, 0.15) is 24.5 Å². The van der Waals surface area contributed by atoms with Crippen LogP contribution in [-0.4, -0.2) is 58.1 Å². The highest BCUT2D eigenvalue weighted by Gasteiger charge is 2.38. The van der Waals surface area contributed by atoms with Crippen molar-refractivity contribution in [2.75, 3.05) is 36.4 Å². The summed E-state index contributed by atoms with van der Waals surface area (Å²) in [7, 11) is 0. The highest BCUT2D eigenvalue weighted by atomic mass is 19.4. The summed E-state index contributed by atoms with van der Waals surface area (Å²) >= 11 is 0. The van der Waals surface area contributed by atoms with Gasteiger partial charge in [0.25, 0.3) is 0 Å². The lowest BCUT2D eigenvalue weighted by atomic mass is 9.89. The van der Waals surface area contributed by atoms with Crippen LogP contribution in [-0.2, 0) is 12.7 Å². The first-order valence-corrected chi connectivity index (χ1v) is 9.90. The van der Waals surface area contributed by atoms with E-state index in [0.29, 0.717) is 18.7 Å². The molecule has 1 aromatic carbocycles. The van der Waals surface area contributed by atoms with Crippen LogP contribution in [0.4, 0.5) is 29.2 Å². The Morgan fingerprint density at radius 3 is 2.58 bits per heavy atom. The molecule has 31 heavy (non-hydrogen) atoms. The lowest BCUT2D eigenvalue weighted by molar-refractivity contribution is -0.137. The normalized spacial score (nSPS) is 21.7. The minimum atomic E-state index is -4.42. The molecule has 0 radical (unpaired) electrons. The van der Waals surface area contributed by atoms with Crippen molar-refractivity contribution in [1.82, 2.24) is 15.3 Å². The molecule has 0 bridgehead atoms. The minimum Gasteiger partial charge on any atom is -0.389 e.